The number of ether oxygens (including phenoxy) is 2. The maximum absolute atomic E-state index is 10.9. The Morgan fingerprint density at radius 2 is 2.12 bits per heavy atom. The van der Waals surface area contributed by atoms with E-state index in [9.17, 15) is 4.79 Å². The van der Waals surface area contributed by atoms with Crippen LogP contribution in [0, 0.1) is 5.41 Å². The van der Waals surface area contributed by atoms with Crippen LogP contribution in [0.5, 0.6) is 11.5 Å². The molecule has 17 heavy (non-hydrogen) atoms. The van der Waals surface area contributed by atoms with Gasteiger partial charge in [-0.2, -0.15) is 0 Å². The molecule has 1 N–H and O–H groups in total. The molecule has 0 fully saturated rings. The molecule has 0 heterocycles. The first kappa shape index (κ1) is 13.8. The van der Waals surface area contributed by atoms with Crippen LogP contribution >= 0.6 is 15.9 Å². The second-order valence-electron chi connectivity index (χ2n) is 4.27. The molecule has 4 nitrogen and oxygen atoms in total. The third-order valence-electron chi connectivity index (χ3n) is 2.31. The topological polar surface area (TPSA) is 55.8 Å². The van der Waals surface area contributed by atoms with Crippen LogP contribution in [-0.4, -0.2) is 24.8 Å². The summed E-state index contributed by atoms with van der Waals surface area (Å²) in [6, 6.07) is 5.26. The van der Waals surface area contributed by atoms with Gasteiger partial charge in [-0.1, -0.05) is 0 Å². The monoisotopic (exact) mass is 302 g/mol. The predicted molar refractivity (Wildman–Crippen MR) is 67.6 cm³/mol. The molecule has 0 aliphatic carbocycles. The smallest absolute Gasteiger partial charge is 0.312 e. The van der Waals surface area contributed by atoms with E-state index in [0.29, 0.717) is 11.5 Å². The lowest BCUT2D eigenvalue weighted by Gasteiger charge is -2.20. The number of methoxy groups -OCH3 is 1. The van der Waals surface area contributed by atoms with Gasteiger partial charge in [-0.3, -0.25) is 4.79 Å². The number of carbonyl (C=O) groups is 1. The van der Waals surface area contributed by atoms with E-state index in [0.717, 1.165) is 4.47 Å². The summed E-state index contributed by atoms with van der Waals surface area (Å²) in [6.45, 7) is 3.34. The van der Waals surface area contributed by atoms with E-state index in [2.05, 4.69) is 15.9 Å². The minimum absolute atomic E-state index is 0.104. The van der Waals surface area contributed by atoms with Crippen molar-refractivity contribution in [3.05, 3.63) is 22.7 Å². The highest BCUT2D eigenvalue weighted by atomic mass is 79.9. The minimum atomic E-state index is -0.917. The lowest BCUT2D eigenvalue weighted by molar-refractivity contribution is -0.148. The van der Waals surface area contributed by atoms with E-state index in [1.807, 2.05) is 0 Å². The van der Waals surface area contributed by atoms with E-state index < -0.39 is 11.4 Å². The Hall–Kier alpha value is -1.23. The van der Waals surface area contributed by atoms with Gasteiger partial charge < -0.3 is 14.6 Å². The Morgan fingerprint density at radius 3 is 2.59 bits per heavy atom. The molecule has 0 radical (unpaired) electrons. The zero-order valence-corrected chi connectivity index (χ0v) is 11.6. The number of carboxylic acids is 1. The van der Waals surface area contributed by atoms with Crippen LogP contribution < -0.4 is 9.47 Å². The van der Waals surface area contributed by atoms with E-state index >= 15 is 0 Å². The minimum Gasteiger partial charge on any atom is -0.497 e. The van der Waals surface area contributed by atoms with Crippen molar-refractivity contribution in [2.45, 2.75) is 13.8 Å². The molecule has 1 aromatic carbocycles. The molecule has 0 spiro atoms. The Balaban J connectivity index is 2.73. The molecule has 0 aliphatic heterocycles. The molecule has 0 atom stereocenters. The molecule has 0 aromatic heterocycles. The second-order valence-corrected chi connectivity index (χ2v) is 5.13. The Morgan fingerprint density at radius 1 is 1.47 bits per heavy atom. The summed E-state index contributed by atoms with van der Waals surface area (Å²) in [5, 5.41) is 8.96. The van der Waals surface area contributed by atoms with Gasteiger partial charge in [0.15, 0.2) is 0 Å². The van der Waals surface area contributed by atoms with Crippen molar-refractivity contribution in [3.8, 4) is 11.5 Å². The molecule has 5 heteroatoms. The van der Waals surface area contributed by atoms with Gasteiger partial charge in [0.2, 0.25) is 0 Å². The maximum Gasteiger partial charge on any atom is 0.312 e. The lowest BCUT2D eigenvalue weighted by atomic mass is 9.95. The number of benzene rings is 1. The second kappa shape index (κ2) is 5.40. The van der Waals surface area contributed by atoms with Crippen LogP contribution in [0.15, 0.2) is 22.7 Å². The molecule has 0 saturated carbocycles. The predicted octanol–water partition coefficient (Wildman–Crippen LogP) is 2.95. The Kier molecular flexibility index (Phi) is 4.40. The molecule has 0 bridgehead atoms. The van der Waals surface area contributed by atoms with E-state index in [1.54, 1.807) is 39.2 Å². The van der Waals surface area contributed by atoms with Crippen LogP contribution in [0.4, 0.5) is 0 Å². The van der Waals surface area contributed by atoms with Crippen LogP contribution in [0.1, 0.15) is 13.8 Å². The van der Waals surface area contributed by atoms with Crippen molar-refractivity contribution < 1.29 is 19.4 Å². The lowest BCUT2D eigenvalue weighted by Crippen LogP contribution is -2.30. The standard InChI is InChI=1S/C12H15BrO4/c1-12(2,11(14)15)7-17-10-5-4-8(16-3)6-9(10)13/h4-6H,7H2,1-3H3,(H,14,15). The average molecular weight is 303 g/mol. The van der Waals surface area contributed by atoms with E-state index in [4.69, 9.17) is 14.6 Å². The highest BCUT2D eigenvalue weighted by Gasteiger charge is 2.28. The third kappa shape index (κ3) is 3.63. The summed E-state index contributed by atoms with van der Waals surface area (Å²) in [6.07, 6.45) is 0. The van der Waals surface area contributed by atoms with Crippen molar-refractivity contribution in [1.29, 1.82) is 0 Å². The molecular weight excluding hydrogens is 288 g/mol. The van der Waals surface area contributed by atoms with Gasteiger partial charge in [-0.05, 0) is 48.0 Å². The van der Waals surface area contributed by atoms with Gasteiger partial charge >= 0.3 is 5.97 Å². The summed E-state index contributed by atoms with van der Waals surface area (Å²) in [4.78, 5) is 10.9. The zero-order valence-electron chi connectivity index (χ0n) is 9.99. The van der Waals surface area contributed by atoms with Crippen LogP contribution in [0.2, 0.25) is 0 Å². The normalized spacial score (nSPS) is 11.1. The molecule has 94 valence electrons. The molecule has 1 rings (SSSR count). The first-order valence-electron chi connectivity index (χ1n) is 5.06. The van der Waals surface area contributed by atoms with Gasteiger partial charge in [0.1, 0.15) is 18.1 Å². The number of hydrogen-bond donors (Lipinski definition) is 1. The maximum atomic E-state index is 10.9. The van der Waals surface area contributed by atoms with E-state index in [-0.39, 0.29) is 6.61 Å². The van der Waals surface area contributed by atoms with Gasteiger partial charge in [-0.25, -0.2) is 0 Å². The number of rotatable bonds is 5. The van der Waals surface area contributed by atoms with E-state index in [1.165, 1.54) is 0 Å². The fourth-order valence-corrected chi connectivity index (χ4v) is 1.52. The molecule has 0 unspecified atom stereocenters. The first-order valence-corrected chi connectivity index (χ1v) is 5.86. The van der Waals surface area contributed by atoms with Crippen LogP contribution in [-0.2, 0) is 4.79 Å². The molecule has 0 saturated heterocycles. The largest absolute Gasteiger partial charge is 0.497 e. The van der Waals surface area contributed by atoms with Crippen molar-refractivity contribution >= 4 is 21.9 Å². The Bertz CT molecular complexity index is 415. The third-order valence-corrected chi connectivity index (χ3v) is 2.93. The SMILES string of the molecule is COc1ccc(OCC(C)(C)C(=O)O)c(Br)c1. The molecule has 0 amide bonds. The summed E-state index contributed by atoms with van der Waals surface area (Å²) in [5.41, 5.74) is -0.917. The number of carboxylic acid groups (broad SMARTS) is 1. The summed E-state index contributed by atoms with van der Waals surface area (Å²) in [5.74, 6) is 0.420. The summed E-state index contributed by atoms with van der Waals surface area (Å²) < 4.78 is 11.3. The molecule has 0 aliphatic rings. The summed E-state index contributed by atoms with van der Waals surface area (Å²) in [7, 11) is 1.58. The van der Waals surface area contributed by atoms with Crippen LogP contribution in [0.25, 0.3) is 0 Å². The van der Waals surface area contributed by atoms with Gasteiger partial charge in [0, 0.05) is 0 Å². The fourth-order valence-electron chi connectivity index (χ4n) is 1.05. The molecule has 1 aromatic rings. The Labute approximate surface area is 109 Å². The zero-order chi connectivity index (χ0) is 13.1. The quantitative estimate of drug-likeness (QED) is 0.908. The number of hydrogen-bond acceptors (Lipinski definition) is 3. The number of halogens is 1. The summed E-state index contributed by atoms with van der Waals surface area (Å²) >= 11 is 3.34. The van der Waals surface area contributed by atoms with Gasteiger partial charge in [0.05, 0.1) is 17.0 Å². The van der Waals surface area contributed by atoms with Crippen molar-refractivity contribution in [3.63, 3.8) is 0 Å². The first-order chi connectivity index (χ1) is 7.86. The fraction of sp³-hybridized carbons (Fsp3) is 0.417. The highest BCUT2D eigenvalue weighted by molar-refractivity contribution is 9.10. The van der Waals surface area contributed by atoms with Crippen molar-refractivity contribution in [1.82, 2.24) is 0 Å². The molecular formula is C12H15BrO4. The average Bonchev–Trinajstić information content (AvgIpc) is 2.27. The highest BCUT2D eigenvalue weighted by Crippen LogP contribution is 2.30. The van der Waals surface area contributed by atoms with Gasteiger partial charge in [-0.15, -0.1) is 0 Å². The number of aliphatic carboxylic acids is 1. The van der Waals surface area contributed by atoms with Crippen LogP contribution in [0.3, 0.4) is 0 Å². The van der Waals surface area contributed by atoms with Gasteiger partial charge in [0.25, 0.3) is 0 Å². The van der Waals surface area contributed by atoms with Crippen molar-refractivity contribution in [2.75, 3.05) is 13.7 Å². The van der Waals surface area contributed by atoms with Crippen molar-refractivity contribution in [2.24, 2.45) is 5.41 Å².